The summed E-state index contributed by atoms with van der Waals surface area (Å²) in [6.07, 6.45) is 4.35. The smallest absolute Gasteiger partial charge is 0.119 e. The van der Waals surface area contributed by atoms with E-state index < -0.39 is 6.10 Å². The number of benzene rings is 1. The van der Waals surface area contributed by atoms with Crippen LogP contribution in [0.5, 0.6) is 5.75 Å². The molecule has 1 aromatic carbocycles. The summed E-state index contributed by atoms with van der Waals surface area (Å²) >= 11 is 0. The summed E-state index contributed by atoms with van der Waals surface area (Å²) in [5.41, 5.74) is 1.34. The molecule has 1 aliphatic rings. The van der Waals surface area contributed by atoms with E-state index in [1.165, 1.54) is 12.8 Å². The molecule has 1 saturated carbocycles. The summed E-state index contributed by atoms with van der Waals surface area (Å²) in [6.45, 7) is 7.63. The second-order valence-corrected chi connectivity index (χ2v) is 6.71. The number of aliphatic hydroxyl groups excluding tert-OH is 1. The molecule has 1 atom stereocenters. The summed E-state index contributed by atoms with van der Waals surface area (Å²) in [4.78, 5) is 0. The maximum absolute atomic E-state index is 10.2. The predicted octanol–water partition coefficient (Wildman–Crippen LogP) is 4.10. The summed E-state index contributed by atoms with van der Waals surface area (Å²) < 4.78 is 11.3. The van der Waals surface area contributed by atoms with Crippen molar-refractivity contribution in [3.8, 4) is 5.75 Å². The molecular weight excluding hydrogens is 264 g/mol. The highest BCUT2D eigenvalue weighted by Gasteiger charge is 2.27. The quantitative estimate of drug-likeness (QED) is 0.857. The van der Waals surface area contributed by atoms with Gasteiger partial charge in [0.25, 0.3) is 0 Å². The van der Waals surface area contributed by atoms with Crippen molar-refractivity contribution in [3.63, 3.8) is 0 Å². The van der Waals surface area contributed by atoms with Crippen molar-refractivity contribution in [3.05, 3.63) is 29.8 Å². The van der Waals surface area contributed by atoms with E-state index in [9.17, 15) is 5.11 Å². The molecule has 21 heavy (non-hydrogen) atoms. The van der Waals surface area contributed by atoms with Crippen LogP contribution in [0.4, 0.5) is 0 Å². The molecule has 1 aliphatic carbocycles. The zero-order valence-electron chi connectivity index (χ0n) is 13.5. The first-order valence-electron chi connectivity index (χ1n) is 8.02. The molecule has 1 N–H and O–H groups in total. The molecule has 0 saturated heterocycles. The van der Waals surface area contributed by atoms with Crippen LogP contribution < -0.4 is 4.74 Å². The van der Waals surface area contributed by atoms with E-state index in [0.29, 0.717) is 24.7 Å². The number of hydrogen-bond donors (Lipinski definition) is 1. The van der Waals surface area contributed by atoms with E-state index >= 15 is 0 Å². The molecule has 0 radical (unpaired) electrons. The van der Waals surface area contributed by atoms with Crippen LogP contribution in [0, 0.1) is 5.41 Å². The van der Waals surface area contributed by atoms with Gasteiger partial charge in [0.2, 0.25) is 0 Å². The number of hydrogen-bond acceptors (Lipinski definition) is 3. The van der Waals surface area contributed by atoms with Gasteiger partial charge in [-0.05, 0) is 55.7 Å². The van der Waals surface area contributed by atoms with Crippen LogP contribution in [-0.4, -0.2) is 24.4 Å². The fraction of sp³-hybridized carbons (Fsp3) is 0.667. The lowest BCUT2D eigenvalue weighted by molar-refractivity contribution is -0.0380. The lowest BCUT2D eigenvalue weighted by atomic mass is 9.76. The molecule has 2 rings (SSSR count). The molecule has 1 unspecified atom stereocenters. The first kappa shape index (κ1) is 16.3. The highest BCUT2D eigenvalue weighted by molar-refractivity contribution is 5.28. The van der Waals surface area contributed by atoms with E-state index in [1.54, 1.807) is 0 Å². The molecule has 0 bridgehead atoms. The standard InChI is InChI=1S/C18H28O3/c1-4-20-15-7-5-14(6-8-15)17(19)13-21-16-9-11-18(2,3)12-10-16/h5-8,16-17,19H,4,9-13H2,1-3H3. The third-order valence-electron chi connectivity index (χ3n) is 4.35. The van der Waals surface area contributed by atoms with Crippen LogP contribution in [0.25, 0.3) is 0 Å². The lowest BCUT2D eigenvalue weighted by Gasteiger charge is -2.34. The first-order chi connectivity index (χ1) is 10.00. The van der Waals surface area contributed by atoms with Crippen LogP contribution in [-0.2, 0) is 4.74 Å². The van der Waals surface area contributed by atoms with Gasteiger partial charge in [0.15, 0.2) is 0 Å². The summed E-state index contributed by atoms with van der Waals surface area (Å²) in [6, 6.07) is 7.60. The molecule has 3 heteroatoms. The first-order valence-corrected chi connectivity index (χ1v) is 8.02. The fourth-order valence-corrected chi connectivity index (χ4v) is 2.82. The summed E-state index contributed by atoms with van der Waals surface area (Å²) in [5.74, 6) is 0.837. The number of ether oxygens (including phenoxy) is 2. The Balaban J connectivity index is 1.78. The van der Waals surface area contributed by atoms with Crippen LogP contribution >= 0.6 is 0 Å². The molecule has 0 heterocycles. The maximum atomic E-state index is 10.2. The molecule has 1 fully saturated rings. The molecule has 118 valence electrons. The van der Waals surface area contributed by atoms with Gasteiger partial charge in [0.1, 0.15) is 11.9 Å². The molecular formula is C18H28O3. The van der Waals surface area contributed by atoms with E-state index in [-0.39, 0.29) is 0 Å². The minimum Gasteiger partial charge on any atom is -0.494 e. The van der Waals surface area contributed by atoms with Gasteiger partial charge in [0.05, 0.1) is 19.3 Å². The topological polar surface area (TPSA) is 38.7 Å². The van der Waals surface area contributed by atoms with Crippen LogP contribution in [0.2, 0.25) is 0 Å². The normalized spacial score (nSPS) is 20.2. The Morgan fingerprint density at radius 3 is 2.38 bits per heavy atom. The van der Waals surface area contributed by atoms with E-state index in [2.05, 4.69) is 13.8 Å². The van der Waals surface area contributed by atoms with Crippen molar-refractivity contribution in [2.75, 3.05) is 13.2 Å². The molecule has 3 nitrogen and oxygen atoms in total. The van der Waals surface area contributed by atoms with Gasteiger partial charge in [-0.1, -0.05) is 26.0 Å². The van der Waals surface area contributed by atoms with Gasteiger partial charge < -0.3 is 14.6 Å². The van der Waals surface area contributed by atoms with Gasteiger partial charge in [-0.2, -0.15) is 0 Å². The van der Waals surface area contributed by atoms with Gasteiger partial charge >= 0.3 is 0 Å². The second-order valence-electron chi connectivity index (χ2n) is 6.71. The monoisotopic (exact) mass is 292 g/mol. The Morgan fingerprint density at radius 2 is 1.81 bits per heavy atom. The minimum absolute atomic E-state index is 0.301. The Bertz CT molecular complexity index is 415. The molecule has 1 aromatic rings. The molecule has 0 aromatic heterocycles. The lowest BCUT2D eigenvalue weighted by Crippen LogP contribution is -2.27. The van der Waals surface area contributed by atoms with Crippen LogP contribution in [0.3, 0.4) is 0 Å². The van der Waals surface area contributed by atoms with E-state index in [4.69, 9.17) is 9.47 Å². The highest BCUT2D eigenvalue weighted by atomic mass is 16.5. The SMILES string of the molecule is CCOc1ccc(C(O)COC2CCC(C)(C)CC2)cc1. The molecule has 0 amide bonds. The van der Waals surface area contributed by atoms with Crippen molar-refractivity contribution in [2.45, 2.75) is 58.7 Å². The largest absolute Gasteiger partial charge is 0.494 e. The van der Waals surface area contributed by atoms with Gasteiger partial charge in [0, 0.05) is 0 Å². The predicted molar refractivity (Wildman–Crippen MR) is 84.6 cm³/mol. The minimum atomic E-state index is -0.560. The van der Waals surface area contributed by atoms with E-state index in [0.717, 1.165) is 24.2 Å². The van der Waals surface area contributed by atoms with Gasteiger partial charge in [-0.3, -0.25) is 0 Å². The fourth-order valence-electron chi connectivity index (χ4n) is 2.82. The zero-order valence-corrected chi connectivity index (χ0v) is 13.5. The molecule has 0 aliphatic heterocycles. The highest BCUT2D eigenvalue weighted by Crippen LogP contribution is 2.36. The number of aliphatic hydroxyl groups is 1. The molecule has 0 spiro atoms. The Kier molecular flexibility index (Phi) is 5.65. The van der Waals surface area contributed by atoms with Crippen LogP contribution in [0.1, 0.15) is 58.1 Å². The number of rotatable bonds is 6. The Labute approximate surface area is 128 Å². The summed E-state index contributed by atoms with van der Waals surface area (Å²) in [7, 11) is 0. The zero-order chi connectivity index (χ0) is 15.3. The van der Waals surface area contributed by atoms with Crippen molar-refractivity contribution in [1.82, 2.24) is 0 Å². The van der Waals surface area contributed by atoms with Gasteiger partial charge in [-0.25, -0.2) is 0 Å². The Morgan fingerprint density at radius 1 is 1.19 bits per heavy atom. The Hall–Kier alpha value is -1.06. The van der Waals surface area contributed by atoms with Crippen molar-refractivity contribution in [1.29, 1.82) is 0 Å². The third kappa shape index (κ3) is 5.01. The van der Waals surface area contributed by atoms with Crippen molar-refractivity contribution in [2.24, 2.45) is 5.41 Å². The summed E-state index contributed by atoms with van der Waals surface area (Å²) in [5, 5.41) is 10.2. The van der Waals surface area contributed by atoms with Gasteiger partial charge in [-0.15, -0.1) is 0 Å². The van der Waals surface area contributed by atoms with Crippen molar-refractivity contribution >= 4 is 0 Å². The average Bonchev–Trinajstić information content (AvgIpc) is 2.47. The average molecular weight is 292 g/mol. The van der Waals surface area contributed by atoms with E-state index in [1.807, 2.05) is 31.2 Å². The second kappa shape index (κ2) is 7.28. The van der Waals surface area contributed by atoms with Crippen LogP contribution in [0.15, 0.2) is 24.3 Å². The van der Waals surface area contributed by atoms with Crippen molar-refractivity contribution < 1.29 is 14.6 Å². The third-order valence-corrected chi connectivity index (χ3v) is 4.35. The maximum Gasteiger partial charge on any atom is 0.119 e.